The fourth-order valence-electron chi connectivity index (χ4n) is 3.89. The van der Waals surface area contributed by atoms with Crippen LogP contribution in [0.2, 0.25) is 0 Å². The van der Waals surface area contributed by atoms with Gasteiger partial charge >= 0.3 is 6.01 Å². The smallest absolute Gasteiger partial charge is 0.319 e. The maximum atomic E-state index is 12.8. The SMILES string of the molecule is COC[C@@H](C)Oc1nc(C(=O)NCC(C)(C)O)cc(N2CCC(c3ccc(N)c(C(N)=O)n3)CC2)n1. The van der Waals surface area contributed by atoms with E-state index in [2.05, 4.69) is 20.3 Å². The number of aromatic nitrogens is 3. The van der Waals surface area contributed by atoms with Crippen LogP contribution in [0.15, 0.2) is 18.2 Å². The zero-order chi connectivity index (χ0) is 26.5. The Morgan fingerprint density at radius 3 is 2.56 bits per heavy atom. The van der Waals surface area contributed by atoms with E-state index in [0.29, 0.717) is 25.5 Å². The highest BCUT2D eigenvalue weighted by atomic mass is 16.5. The second-order valence-electron chi connectivity index (χ2n) is 9.57. The quantitative estimate of drug-likeness (QED) is 0.365. The number of anilines is 2. The molecular formula is C24H35N7O5. The number of hydrogen-bond acceptors (Lipinski definition) is 10. The van der Waals surface area contributed by atoms with Crippen LogP contribution in [0, 0.1) is 0 Å². The van der Waals surface area contributed by atoms with Crippen LogP contribution in [0.25, 0.3) is 0 Å². The second-order valence-corrected chi connectivity index (χ2v) is 9.57. The van der Waals surface area contributed by atoms with Gasteiger partial charge < -0.3 is 36.3 Å². The summed E-state index contributed by atoms with van der Waals surface area (Å²) in [5.74, 6) is -0.420. The Kier molecular flexibility index (Phi) is 8.64. The van der Waals surface area contributed by atoms with Gasteiger partial charge in [0.05, 0.1) is 17.9 Å². The highest BCUT2D eigenvalue weighted by Gasteiger charge is 2.26. The Bertz CT molecular complexity index is 1080. The number of amides is 2. The lowest BCUT2D eigenvalue weighted by molar-refractivity contribution is 0.0688. The first kappa shape index (κ1) is 27.1. The number of nitrogens with two attached hydrogens (primary N) is 2. The minimum atomic E-state index is -1.07. The molecule has 1 aliphatic rings. The molecule has 0 spiro atoms. The van der Waals surface area contributed by atoms with E-state index in [1.54, 1.807) is 33.1 Å². The zero-order valence-corrected chi connectivity index (χ0v) is 21.2. The maximum Gasteiger partial charge on any atom is 0.319 e. The van der Waals surface area contributed by atoms with Gasteiger partial charge in [0.25, 0.3) is 11.8 Å². The van der Waals surface area contributed by atoms with E-state index in [9.17, 15) is 14.7 Å². The zero-order valence-electron chi connectivity index (χ0n) is 21.2. The van der Waals surface area contributed by atoms with Crippen molar-refractivity contribution in [3.8, 4) is 6.01 Å². The highest BCUT2D eigenvalue weighted by molar-refractivity contribution is 5.95. The van der Waals surface area contributed by atoms with Crippen LogP contribution < -0.4 is 26.4 Å². The van der Waals surface area contributed by atoms with Crippen molar-refractivity contribution in [2.75, 3.05) is 44.0 Å². The van der Waals surface area contributed by atoms with E-state index in [0.717, 1.165) is 18.5 Å². The van der Waals surface area contributed by atoms with Gasteiger partial charge in [-0.15, -0.1) is 0 Å². The minimum Gasteiger partial charge on any atom is -0.458 e. The largest absolute Gasteiger partial charge is 0.458 e. The van der Waals surface area contributed by atoms with Crippen molar-refractivity contribution in [3.63, 3.8) is 0 Å². The van der Waals surface area contributed by atoms with E-state index in [1.165, 1.54) is 0 Å². The van der Waals surface area contributed by atoms with Crippen molar-refractivity contribution in [2.45, 2.75) is 51.2 Å². The molecule has 0 saturated carbocycles. The Labute approximate surface area is 210 Å². The number of carbonyl (C=O) groups excluding carboxylic acids is 2. The Morgan fingerprint density at radius 2 is 1.94 bits per heavy atom. The summed E-state index contributed by atoms with van der Waals surface area (Å²) in [5.41, 5.74) is 11.4. The number of carbonyl (C=O) groups is 2. The molecule has 36 heavy (non-hydrogen) atoms. The summed E-state index contributed by atoms with van der Waals surface area (Å²) in [7, 11) is 1.57. The van der Waals surface area contributed by atoms with Gasteiger partial charge in [0.2, 0.25) is 0 Å². The topological polar surface area (TPSA) is 179 Å². The Hall–Kier alpha value is -3.51. The lowest BCUT2D eigenvalue weighted by Gasteiger charge is -2.33. The first-order chi connectivity index (χ1) is 17.0. The van der Waals surface area contributed by atoms with Crippen LogP contribution in [0.1, 0.15) is 66.2 Å². The lowest BCUT2D eigenvalue weighted by Crippen LogP contribution is -2.39. The van der Waals surface area contributed by atoms with Gasteiger partial charge in [0.15, 0.2) is 5.69 Å². The number of pyridine rings is 1. The van der Waals surface area contributed by atoms with Crippen molar-refractivity contribution >= 4 is 23.3 Å². The molecule has 0 unspecified atom stereocenters. The van der Waals surface area contributed by atoms with Crippen LogP contribution in [0.3, 0.4) is 0 Å². The molecule has 12 heteroatoms. The predicted molar refractivity (Wildman–Crippen MR) is 134 cm³/mol. The average molecular weight is 502 g/mol. The van der Waals surface area contributed by atoms with Crippen molar-refractivity contribution in [2.24, 2.45) is 5.73 Å². The van der Waals surface area contributed by atoms with E-state index in [4.69, 9.17) is 20.9 Å². The van der Waals surface area contributed by atoms with Gasteiger partial charge in [-0.3, -0.25) is 9.59 Å². The van der Waals surface area contributed by atoms with Gasteiger partial charge in [-0.25, -0.2) is 4.98 Å². The van der Waals surface area contributed by atoms with Crippen molar-refractivity contribution in [1.29, 1.82) is 0 Å². The molecule has 3 rings (SSSR count). The molecule has 2 aromatic rings. The molecule has 2 amide bonds. The molecule has 1 aliphatic heterocycles. The monoisotopic (exact) mass is 501 g/mol. The molecule has 196 valence electrons. The third-order valence-corrected chi connectivity index (χ3v) is 5.73. The summed E-state index contributed by atoms with van der Waals surface area (Å²) < 4.78 is 10.9. The molecule has 1 saturated heterocycles. The fraction of sp³-hybridized carbons (Fsp3) is 0.542. The number of nitrogens with zero attached hydrogens (tertiary/aromatic N) is 4. The summed E-state index contributed by atoms with van der Waals surface area (Å²) in [4.78, 5) is 39.6. The fourth-order valence-corrected chi connectivity index (χ4v) is 3.89. The summed E-state index contributed by atoms with van der Waals surface area (Å²) in [6.45, 7) is 6.70. The van der Waals surface area contributed by atoms with Gasteiger partial charge in [-0.05, 0) is 45.7 Å². The third kappa shape index (κ3) is 7.25. The van der Waals surface area contributed by atoms with Gasteiger partial charge in [0.1, 0.15) is 17.6 Å². The lowest BCUT2D eigenvalue weighted by atomic mass is 9.92. The molecule has 1 atom stereocenters. The minimum absolute atomic E-state index is 0.0642. The first-order valence-corrected chi connectivity index (χ1v) is 11.8. The predicted octanol–water partition coefficient (Wildman–Crippen LogP) is 0.851. The van der Waals surface area contributed by atoms with Crippen molar-refractivity contribution in [3.05, 3.63) is 35.3 Å². The molecule has 3 heterocycles. The molecule has 0 aliphatic carbocycles. The van der Waals surface area contributed by atoms with Crippen LogP contribution >= 0.6 is 0 Å². The van der Waals surface area contributed by atoms with E-state index in [-0.39, 0.29) is 41.7 Å². The standard InChI is InChI=1S/C24H35N7O5/c1-14(12-35-4)36-23-29-18(22(33)27-13-24(2,3)34)11-19(30-23)31-9-7-15(8-10-31)17-6-5-16(25)20(28-17)21(26)32/h5-6,11,14-15,34H,7-10,12-13,25H2,1-4H3,(H2,26,32)(H,27,33)/t14-/m1/s1. The van der Waals surface area contributed by atoms with Gasteiger partial charge in [0, 0.05) is 44.4 Å². The summed E-state index contributed by atoms with van der Waals surface area (Å²) in [6.07, 6.45) is 1.17. The maximum absolute atomic E-state index is 12.8. The third-order valence-electron chi connectivity index (χ3n) is 5.73. The van der Waals surface area contributed by atoms with Crippen LogP contribution in [0.4, 0.5) is 11.5 Å². The molecule has 0 radical (unpaired) electrons. The van der Waals surface area contributed by atoms with Gasteiger partial charge in [-0.2, -0.15) is 9.97 Å². The molecule has 6 N–H and O–H groups in total. The molecule has 0 bridgehead atoms. The number of primary amides is 1. The molecule has 2 aromatic heterocycles. The molecule has 0 aromatic carbocycles. The number of ether oxygens (including phenoxy) is 2. The first-order valence-electron chi connectivity index (χ1n) is 11.8. The van der Waals surface area contributed by atoms with E-state index < -0.39 is 17.4 Å². The van der Waals surface area contributed by atoms with Gasteiger partial charge in [-0.1, -0.05) is 0 Å². The molecule has 12 nitrogen and oxygen atoms in total. The molecule has 1 fully saturated rings. The number of piperidine rings is 1. The average Bonchev–Trinajstić information content (AvgIpc) is 2.82. The summed E-state index contributed by atoms with van der Waals surface area (Å²) in [5, 5.41) is 12.6. The number of methoxy groups -OCH3 is 1. The van der Waals surface area contributed by atoms with Crippen molar-refractivity contribution in [1.82, 2.24) is 20.3 Å². The van der Waals surface area contributed by atoms with E-state index in [1.807, 2.05) is 17.9 Å². The van der Waals surface area contributed by atoms with Crippen molar-refractivity contribution < 1.29 is 24.2 Å². The van der Waals surface area contributed by atoms with Crippen LogP contribution in [-0.2, 0) is 4.74 Å². The number of nitrogen functional groups attached to an aromatic ring is 1. The van der Waals surface area contributed by atoms with E-state index >= 15 is 0 Å². The molecular weight excluding hydrogens is 466 g/mol. The second kappa shape index (κ2) is 11.5. The number of rotatable bonds is 10. The number of nitrogens with one attached hydrogen (secondary N) is 1. The summed E-state index contributed by atoms with van der Waals surface area (Å²) >= 11 is 0. The summed E-state index contributed by atoms with van der Waals surface area (Å²) in [6, 6.07) is 5.16. The Balaban J connectivity index is 1.78. The highest BCUT2D eigenvalue weighted by Crippen LogP contribution is 2.30. The number of aliphatic hydroxyl groups is 1. The van der Waals surface area contributed by atoms with Crippen LogP contribution in [0.5, 0.6) is 6.01 Å². The van der Waals surface area contributed by atoms with Crippen LogP contribution in [-0.4, -0.2) is 76.9 Å². The Morgan fingerprint density at radius 1 is 1.25 bits per heavy atom. The number of hydrogen-bond donors (Lipinski definition) is 4. The normalized spacial score (nSPS) is 15.4.